The molecule has 0 radical (unpaired) electrons. The van der Waals surface area contributed by atoms with Crippen molar-refractivity contribution in [2.45, 2.75) is 39.2 Å². The molecule has 122 valence electrons. The summed E-state index contributed by atoms with van der Waals surface area (Å²) in [5, 5.41) is 5.81. The zero-order valence-corrected chi connectivity index (χ0v) is 14.2. The number of ketones is 1. The highest BCUT2D eigenvalue weighted by molar-refractivity contribution is 7.09. The van der Waals surface area contributed by atoms with Crippen molar-refractivity contribution >= 4 is 23.0 Å². The molecule has 0 aliphatic carbocycles. The molecule has 0 spiro atoms. The van der Waals surface area contributed by atoms with E-state index >= 15 is 0 Å². The van der Waals surface area contributed by atoms with Crippen LogP contribution in [-0.2, 0) is 4.79 Å². The Morgan fingerprint density at radius 3 is 2.70 bits per heavy atom. The number of thiazole rings is 1. The highest BCUT2D eigenvalue weighted by Crippen LogP contribution is 2.23. The average molecular weight is 331 g/mol. The van der Waals surface area contributed by atoms with E-state index in [2.05, 4.69) is 29.1 Å². The Balaban J connectivity index is 1.88. The molecule has 23 heavy (non-hydrogen) atoms. The lowest BCUT2D eigenvalue weighted by Gasteiger charge is -2.18. The second-order valence-corrected chi connectivity index (χ2v) is 6.71. The maximum absolute atomic E-state index is 12.2. The van der Waals surface area contributed by atoms with E-state index in [9.17, 15) is 9.59 Å². The third kappa shape index (κ3) is 5.56. The van der Waals surface area contributed by atoms with Gasteiger partial charge in [-0.25, -0.2) is 4.98 Å². The summed E-state index contributed by atoms with van der Waals surface area (Å²) in [7, 11) is 0. The van der Waals surface area contributed by atoms with E-state index in [4.69, 9.17) is 0 Å². The van der Waals surface area contributed by atoms with Gasteiger partial charge in [-0.15, -0.1) is 11.3 Å². The molecule has 0 bridgehead atoms. The number of nitrogens with zero attached hydrogens (tertiary/aromatic N) is 2. The molecule has 1 atom stereocenters. The van der Waals surface area contributed by atoms with Gasteiger partial charge in [0.15, 0.2) is 5.78 Å². The quantitative estimate of drug-likeness (QED) is 0.753. The Bertz CT molecular complexity index is 627. The SMILES string of the molecule is CC(C)CC(NC(=O)CCC(=O)c1cccnc1)c1nccs1. The number of carbonyl (C=O) groups is 2. The van der Waals surface area contributed by atoms with Gasteiger partial charge in [-0.05, 0) is 24.5 Å². The number of aromatic nitrogens is 2. The molecule has 2 rings (SSSR count). The van der Waals surface area contributed by atoms with E-state index in [0.717, 1.165) is 11.4 Å². The van der Waals surface area contributed by atoms with Crippen LogP contribution in [0.3, 0.4) is 0 Å². The van der Waals surface area contributed by atoms with Crippen LogP contribution in [0.25, 0.3) is 0 Å². The topological polar surface area (TPSA) is 72.0 Å². The van der Waals surface area contributed by atoms with Gasteiger partial charge in [0.1, 0.15) is 5.01 Å². The molecule has 6 heteroatoms. The smallest absolute Gasteiger partial charge is 0.221 e. The maximum atomic E-state index is 12.2. The molecule has 1 N–H and O–H groups in total. The molecule has 0 aliphatic heterocycles. The second kappa shape index (κ2) is 8.53. The Morgan fingerprint density at radius 1 is 1.26 bits per heavy atom. The highest BCUT2D eigenvalue weighted by Gasteiger charge is 2.19. The van der Waals surface area contributed by atoms with Crippen molar-refractivity contribution in [2.24, 2.45) is 5.92 Å². The number of hydrogen-bond acceptors (Lipinski definition) is 5. The van der Waals surface area contributed by atoms with Crippen molar-refractivity contribution in [3.8, 4) is 0 Å². The molecule has 1 unspecified atom stereocenters. The van der Waals surface area contributed by atoms with E-state index in [1.807, 2.05) is 5.38 Å². The number of hydrogen-bond donors (Lipinski definition) is 1. The van der Waals surface area contributed by atoms with E-state index in [1.165, 1.54) is 17.5 Å². The van der Waals surface area contributed by atoms with Gasteiger partial charge < -0.3 is 5.32 Å². The molecule has 0 saturated heterocycles. The van der Waals surface area contributed by atoms with Gasteiger partial charge in [0.2, 0.25) is 5.91 Å². The fraction of sp³-hybridized carbons (Fsp3) is 0.412. The van der Waals surface area contributed by atoms with Gasteiger partial charge in [-0.3, -0.25) is 14.6 Å². The van der Waals surface area contributed by atoms with Crippen LogP contribution in [0, 0.1) is 5.92 Å². The maximum Gasteiger partial charge on any atom is 0.221 e. The number of amides is 1. The summed E-state index contributed by atoms with van der Waals surface area (Å²) in [6.07, 6.45) is 6.07. The van der Waals surface area contributed by atoms with Gasteiger partial charge in [-0.2, -0.15) is 0 Å². The molecule has 2 aromatic heterocycles. The first-order valence-corrected chi connectivity index (χ1v) is 8.56. The van der Waals surface area contributed by atoms with Crippen LogP contribution in [0.5, 0.6) is 0 Å². The monoisotopic (exact) mass is 331 g/mol. The molecule has 2 heterocycles. The molecular formula is C17H21N3O2S. The second-order valence-electron chi connectivity index (χ2n) is 5.78. The van der Waals surface area contributed by atoms with Crippen molar-refractivity contribution < 1.29 is 9.59 Å². The van der Waals surface area contributed by atoms with E-state index in [0.29, 0.717) is 11.5 Å². The fourth-order valence-electron chi connectivity index (χ4n) is 2.27. The summed E-state index contributed by atoms with van der Waals surface area (Å²) in [6, 6.07) is 3.34. The van der Waals surface area contributed by atoms with Crippen LogP contribution >= 0.6 is 11.3 Å². The lowest BCUT2D eigenvalue weighted by Crippen LogP contribution is -2.29. The first-order chi connectivity index (χ1) is 11.1. The van der Waals surface area contributed by atoms with E-state index in [1.54, 1.807) is 24.5 Å². The van der Waals surface area contributed by atoms with Gasteiger partial charge >= 0.3 is 0 Å². The first-order valence-electron chi connectivity index (χ1n) is 7.68. The van der Waals surface area contributed by atoms with Gasteiger partial charge in [0, 0.05) is 42.4 Å². The summed E-state index contributed by atoms with van der Waals surface area (Å²) in [5.41, 5.74) is 0.541. The van der Waals surface area contributed by atoms with Gasteiger partial charge in [-0.1, -0.05) is 13.8 Å². The lowest BCUT2D eigenvalue weighted by atomic mass is 10.0. The first kappa shape index (κ1) is 17.3. The standard InChI is InChI=1S/C17H21N3O2S/c1-12(2)10-14(17-19-8-9-23-17)20-16(22)6-5-15(21)13-4-3-7-18-11-13/h3-4,7-9,11-12,14H,5-6,10H2,1-2H3,(H,20,22). The summed E-state index contributed by atoms with van der Waals surface area (Å²) < 4.78 is 0. The van der Waals surface area contributed by atoms with Gasteiger partial charge in [0.05, 0.1) is 6.04 Å². The minimum atomic E-state index is -0.122. The van der Waals surface area contributed by atoms with Crippen LogP contribution in [0.15, 0.2) is 36.1 Å². The number of pyridine rings is 1. The van der Waals surface area contributed by atoms with E-state index in [-0.39, 0.29) is 30.6 Å². The Kier molecular flexibility index (Phi) is 6.40. The third-order valence-corrected chi connectivity index (χ3v) is 4.24. The molecule has 0 aromatic carbocycles. The summed E-state index contributed by atoms with van der Waals surface area (Å²) >= 11 is 1.54. The molecule has 2 aromatic rings. The van der Waals surface area contributed by atoms with Crippen molar-refractivity contribution in [3.05, 3.63) is 46.7 Å². The zero-order chi connectivity index (χ0) is 16.7. The molecular weight excluding hydrogens is 310 g/mol. The number of carbonyl (C=O) groups excluding carboxylic acids is 2. The predicted octanol–water partition coefficient (Wildman–Crippen LogP) is 3.40. The van der Waals surface area contributed by atoms with Crippen molar-refractivity contribution in [3.63, 3.8) is 0 Å². The molecule has 0 fully saturated rings. The fourth-order valence-corrected chi connectivity index (χ4v) is 2.97. The molecule has 0 saturated carbocycles. The van der Waals surface area contributed by atoms with Gasteiger partial charge in [0.25, 0.3) is 0 Å². The predicted molar refractivity (Wildman–Crippen MR) is 90.3 cm³/mol. The van der Waals surface area contributed by atoms with Crippen molar-refractivity contribution in [2.75, 3.05) is 0 Å². The summed E-state index contributed by atoms with van der Waals surface area (Å²) in [5.74, 6) is 0.257. The molecule has 5 nitrogen and oxygen atoms in total. The number of nitrogens with one attached hydrogen (secondary N) is 1. The Hall–Kier alpha value is -2.08. The van der Waals surface area contributed by atoms with Crippen LogP contribution in [-0.4, -0.2) is 21.7 Å². The van der Waals surface area contributed by atoms with Crippen molar-refractivity contribution in [1.82, 2.24) is 15.3 Å². The van der Waals surface area contributed by atoms with Crippen LogP contribution in [0.4, 0.5) is 0 Å². The Morgan fingerprint density at radius 2 is 2.09 bits per heavy atom. The largest absolute Gasteiger partial charge is 0.347 e. The molecule has 0 aliphatic rings. The van der Waals surface area contributed by atoms with Crippen LogP contribution < -0.4 is 5.32 Å². The third-order valence-electron chi connectivity index (χ3n) is 3.35. The number of rotatable bonds is 8. The average Bonchev–Trinajstić information content (AvgIpc) is 3.07. The van der Waals surface area contributed by atoms with Crippen LogP contribution in [0.1, 0.15) is 54.5 Å². The minimum Gasteiger partial charge on any atom is -0.347 e. The zero-order valence-electron chi connectivity index (χ0n) is 13.4. The highest BCUT2D eigenvalue weighted by atomic mass is 32.1. The molecule has 1 amide bonds. The van der Waals surface area contributed by atoms with E-state index < -0.39 is 0 Å². The number of Topliss-reactive ketones (excluding diaryl/α,β-unsaturated/α-hetero) is 1. The van der Waals surface area contributed by atoms with Crippen LogP contribution in [0.2, 0.25) is 0 Å². The van der Waals surface area contributed by atoms with Crippen molar-refractivity contribution in [1.29, 1.82) is 0 Å². The Labute approximate surface area is 140 Å². The summed E-state index contributed by atoms with van der Waals surface area (Å²) in [6.45, 7) is 4.22. The minimum absolute atomic E-state index is 0.0668. The normalized spacial score (nSPS) is 12.1. The summed E-state index contributed by atoms with van der Waals surface area (Å²) in [4.78, 5) is 32.4. The lowest BCUT2D eigenvalue weighted by molar-refractivity contribution is -0.121.